The first-order chi connectivity index (χ1) is 7.74. The van der Waals surface area contributed by atoms with Gasteiger partial charge in [-0.05, 0) is 12.8 Å². The average molecular weight is 223 g/mol. The van der Waals surface area contributed by atoms with Crippen LogP contribution in [-0.2, 0) is 4.79 Å². The van der Waals surface area contributed by atoms with Crippen LogP contribution >= 0.6 is 0 Å². The second-order valence-electron chi connectivity index (χ2n) is 4.42. The van der Waals surface area contributed by atoms with Crippen LogP contribution in [0.3, 0.4) is 0 Å². The van der Waals surface area contributed by atoms with E-state index in [9.17, 15) is 4.79 Å². The first-order valence-corrected chi connectivity index (χ1v) is 6.11. The highest BCUT2D eigenvalue weighted by molar-refractivity contribution is 5.72. The molecule has 4 heteroatoms. The minimum absolute atomic E-state index is 0.000463. The molecule has 0 aliphatic heterocycles. The van der Waals surface area contributed by atoms with E-state index < -0.39 is 0 Å². The van der Waals surface area contributed by atoms with E-state index in [1.807, 2.05) is 0 Å². The minimum atomic E-state index is -0.000463. The van der Waals surface area contributed by atoms with Gasteiger partial charge in [-0.25, -0.2) is 0 Å². The fourth-order valence-electron chi connectivity index (χ4n) is 2.20. The molecule has 0 aromatic heterocycles. The van der Waals surface area contributed by atoms with Crippen molar-refractivity contribution in [1.82, 2.24) is 10.6 Å². The van der Waals surface area contributed by atoms with Gasteiger partial charge in [-0.15, -0.1) is 0 Å². The number of hydrogen-bond acceptors (Lipinski definition) is 3. The number of nitrogens with one attached hydrogen (secondary N) is 2. The Bertz CT molecular complexity index is 259. The Labute approximate surface area is 97.4 Å². The van der Waals surface area contributed by atoms with Crippen molar-refractivity contribution in [2.75, 3.05) is 13.1 Å². The van der Waals surface area contributed by atoms with E-state index in [4.69, 9.17) is 5.26 Å². The van der Waals surface area contributed by atoms with Crippen molar-refractivity contribution >= 4 is 5.91 Å². The summed E-state index contributed by atoms with van der Waals surface area (Å²) in [7, 11) is 0. The van der Waals surface area contributed by atoms with Gasteiger partial charge in [0.05, 0.1) is 12.0 Å². The van der Waals surface area contributed by atoms with Gasteiger partial charge in [-0.2, -0.15) is 5.26 Å². The van der Waals surface area contributed by atoms with Crippen molar-refractivity contribution in [2.45, 2.75) is 45.1 Å². The fourth-order valence-corrected chi connectivity index (χ4v) is 2.20. The van der Waals surface area contributed by atoms with Crippen LogP contribution in [0.5, 0.6) is 0 Å². The maximum atomic E-state index is 10.7. The maximum Gasteiger partial charge on any atom is 0.216 e. The summed E-state index contributed by atoms with van der Waals surface area (Å²) in [6.45, 7) is 2.91. The third-order valence-corrected chi connectivity index (χ3v) is 3.09. The van der Waals surface area contributed by atoms with E-state index in [-0.39, 0.29) is 11.8 Å². The van der Waals surface area contributed by atoms with E-state index >= 15 is 0 Å². The van der Waals surface area contributed by atoms with Crippen LogP contribution in [0.4, 0.5) is 0 Å². The first-order valence-electron chi connectivity index (χ1n) is 6.11. The van der Waals surface area contributed by atoms with Gasteiger partial charge < -0.3 is 10.6 Å². The molecule has 1 amide bonds. The largest absolute Gasteiger partial charge is 0.355 e. The number of nitriles is 1. The fraction of sp³-hybridized carbons (Fsp3) is 0.833. The summed E-state index contributed by atoms with van der Waals surface area (Å²) in [6, 6.07) is 2.70. The quantitative estimate of drug-likeness (QED) is 0.555. The molecule has 0 aromatic carbocycles. The highest BCUT2D eigenvalue weighted by atomic mass is 16.1. The minimum Gasteiger partial charge on any atom is -0.355 e. The van der Waals surface area contributed by atoms with Gasteiger partial charge in [0.2, 0.25) is 5.91 Å². The number of nitrogens with zero attached hydrogens (tertiary/aromatic N) is 1. The summed E-state index contributed by atoms with van der Waals surface area (Å²) >= 11 is 0. The molecule has 0 aromatic rings. The van der Waals surface area contributed by atoms with Crippen LogP contribution in [-0.4, -0.2) is 25.0 Å². The molecule has 1 fully saturated rings. The van der Waals surface area contributed by atoms with E-state index in [1.165, 1.54) is 26.2 Å². The molecule has 16 heavy (non-hydrogen) atoms. The second-order valence-corrected chi connectivity index (χ2v) is 4.42. The summed E-state index contributed by atoms with van der Waals surface area (Å²) in [5, 5.41) is 15.2. The summed E-state index contributed by atoms with van der Waals surface area (Å²) in [6.07, 6.45) is 5.70. The van der Waals surface area contributed by atoms with Crippen LogP contribution in [0.2, 0.25) is 0 Å². The molecule has 4 nitrogen and oxygen atoms in total. The Hall–Kier alpha value is -1.08. The van der Waals surface area contributed by atoms with Gasteiger partial charge in [-0.3, -0.25) is 4.79 Å². The summed E-state index contributed by atoms with van der Waals surface area (Å²) < 4.78 is 0. The lowest BCUT2D eigenvalue weighted by Gasteiger charge is -2.20. The molecule has 2 N–H and O–H groups in total. The van der Waals surface area contributed by atoms with E-state index in [1.54, 1.807) is 0 Å². The van der Waals surface area contributed by atoms with E-state index in [2.05, 4.69) is 16.7 Å². The zero-order chi connectivity index (χ0) is 11.8. The lowest BCUT2D eigenvalue weighted by Crippen LogP contribution is -2.39. The van der Waals surface area contributed by atoms with Gasteiger partial charge in [0.15, 0.2) is 0 Å². The molecular formula is C12H21N3O. The van der Waals surface area contributed by atoms with Gasteiger partial charge >= 0.3 is 0 Å². The predicted molar refractivity (Wildman–Crippen MR) is 62.7 cm³/mol. The van der Waals surface area contributed by atoms with Crippen LogP contribution < -0.4 is 10.6 Å². The molecule has 2 atom stereocenters. The van der Waals surface area contributed by atoms with Crippen molar-refractivity contribution in [3.8, 4) is 6.07 Å². The molecule has 2 unspecified atom stereocenters. The Morgan fingerprint density at radius 1 is 1.31 bits per heavy atom. The zero-order valence-corrected chi connectivity index (χ0v) is 9.96. The number of amides is 1. The van der Waals surface area contributed by atoms with Crippen molar-refractivity contribution in [3.05, 3.63) is 0 Å². The lowest BCUT2D eigenvalue weighted by molar-refractivity contribution is -0.118. The van der Waals surface area contributed by atoms with Gasteiger partial charge in [0.25, 0.3) is 0 Å². The molecule has 1 aliphatic rings. The molecule has 1 aliphatic carbocycles. The van der Waals surface area contributed by atoms with Crippen LogP contribution in [0.25, 0.3) is 0 Å². The molecule has 0 heterocycles. The van der Waals surface area contributed by atoms with Gasteiger partial charge in [0.1, 0.15) is 0 Å². The normalized spacial score (nSPS) is 25.5. The predicted octanol–water partition coefficient (Wildman–Crippen LogP) is 1.18. The van der Waals surface area contributed by atoms with E-state index in [0.717, 1.165) is 19.4 Å². The Balaban J connectivity index is 2.26. The monoisotopic (exact) mass is 223 g/mol. The van der Waals surface area contributed by atoms with Crippen molar-refractivity contribution in [2.24, 2.45) is 5.92 Å². The molecule has 90 valence electrons. The number of carbonyl (C=O) groups is 1. The highest BCUT2D eigenvalue weighted by Gasteiger charge is 2.22. The molecule has 0 saturated heterocycles. The highest BCUT2D eigenvalue weighted by Crippen LogP contribution is 2.22. The van der Waals surface area contributed by atoms with Crippen molar-refractivity contribution in [1.29, 1.82) is 5.26 Å². The lowest BCUT2D eigenvalue weighted by atomic mass is 9.96. The van der Waals surface area contributed by atoms with Crippen molar-refractivity contribution < 1.29 is 4.79 Å². The van der Waals surface area contributed by atoms with E-state index in [0.29, 0.717) is 12.6 Å². The Kier molecular flexibility index (Phi) is 5.87. The number of carbonyl (C=O) groups excluding carboxylic acids is 1. The number of rotatable bonds is 4. The molecule has 0 bridgehead atoms. The third kappa shape index (κ3) is 4.63. The SMILES string of the molecule is CC(=O)NCCNC1CCCCCC1C#N. The van der Waals surface area contributed by atoms with Crippen LogP contribution in [0.15, 0.2) is 0 Å². The number of hydrogen-bond donors (Lipinski definition) is 2. The average Bonchev–Trinajstić information content (AvgIpc) is 2.48. The molecule has 0 radical (unpaired) electrons. The topological polar surface area (TPSA) is 64.9 Å². The van der Waals surface area contributed by atoms with Crippen LogP contribution in [0, 0.1) is 17.2 Å². The molecule has 1 rings (SSSR count). The zero-order valence-electron chi connectivity index (χ0n) is 9.96. The Morgan fingerprint density at radius 3 is 2.75 bits per heavy atom. The second kappa shape index (κ2) is 7.24. The first kappa shape index (κ1) is 13.0. The van der Waals surface area contributed by atoms with Crippen molar-refractivity contribution in [3.63, 3.8) is 0 Å². The maximum absolute atomic E-state index is 10.7. The Morgan fingerprint density at radius 2 is 2.06 bits per heavy atom. The summed E-state index contributed by atoms with van der Waals surface area (Å²) in [5.41, 5.74) is 0. The van der Waals surface area contributed by atoms with Gasteiger partial charge in [0, 0.05) is 26.1 Å². The standard InChI is InChI=1S/C12H21N3O/c1-10(16)14-7-8-15-12-6-4-2-3-5-11(12)9-13/h11-12,15H,2-8H2,1H3,(H,14,16). The third-order valence-electron chi connectivity index (χ3n) is 3.09. The summed E-state index contributed by atoms with van der Waals surface area (Å²) in [5.74, 6) is 0.138. The van der Waals surface area contributed by atoms with Crippen LogP contribution in [0.1, 0.15) is 39.0 Å². The molecule has 1 saturated carbocycles. The smallest absolute Gasteiger partial charge is 0.216 e. The summed E-state index contributed by atoms with van der Waals surface area (Å²) in [4.78, 5) is 10.7. The molecular weight excluding hydrogens is 202 g/mol. The van der Waals surface area contributed by atoms with Gasteiger partial charge in [-0.1, -0.05) is 19.3 Å². The molecule has 0 spiro atoms.